The second-order valence-corrected chi connectivity index (χ2v) is 7.02. The van der Waals surface area contributed by atoms with Crippen molar-refractivity contribution < 1.29 is 23.8 Å². The Kier molecular flexibility index (Phi) is 5.78. The van der Waals surface area contributed by atoms with Gasteiger partial charge in [-0.05, 0) is 56.7 Å². The molecule has 1 aliphatic carbocycles. The Labute approximate surface area is 156 Å². The molecule has 7 nitrogen and oxygen atoms in total. The molecular weight excluding hydrogens is 350 g/mol. The largest absolute Gasteiger partial charge is 0.481 e. The Morgan fingerprint density at radius 2 is 1.93 bits per heavy atom. The van der Waals surface area contributed by atoms with E-state index >= 15 is 0 Å². The highest BCUT2D eigenvalue weighted by Crippen LogP contribution is 2.28. The number of rotatable bonds is 6. The van der Waals surface area contributed by atoms with Crippen molar-refractivity contribution in [2.75, 3.05) is 6.54 Å². The van der Waals surface area contributed by atoms with Crippen molar-refractivity contribution >= 4 is 22.8 Å². The van der Waals surface area contributed by atoms with E-state index in [9.17, 15) is 14.4 Å². The van der Waals surface area contributed by atoms with Crippen LogP contribution in [0.15, 0.2) is 39.5 Å². The van der Waals surface area contributed by atoms with Crippen molar-refractivity contribution in [3.05, 3.63) is 40.8 Å². The number of carbonyl (C=O) groups excluding carboxylic acids is 1. The molecule has 1 heterocycles. The number of carboxylic acid groups (broad SMARTS) is 1. The van der Waals surface area contributed by atoms with Crippen LogP contribution in [-0.4, -0.2) is 29.6 Å². The normalized spacial score (nSPS) is 20.8. The first-order valence-corrected chi connectivity index (χ1v) is 9.13. The summed E-state index contributed by atoms with van der Waals surface area (Å²) in [5.41, 5.74) is -0.0362. The lowest BCUT2D eigenvalue weighted by Gasteiger charge is -2.26. The molecule has 1 amide bonds. The number of carboxylic acids is 1. The SMILES string of the molecule is C[C@@H](Oc1ccc2ccc(=O)oc2c1)C(=O)NCC1CCC(C(=O)O)CC1. The Morgan fingerprint density at radius 1 is 1.22 bits per heavy atom. The average molecular weight is 373 g/mol. The summed E-state index contributed by atoms with van der Waals surface area (Å²) in [5, 5.41) is 12.7. The van der Waals surface area contributed by atoms with E-state index in [4.69, 9.17) is 14.3 Å². The van der Waals surface area contributed by atoms with Gasteiger partial charge in [0, 0.05) is 24.1 Å². The van der Waals surface area contributed by atoms with Crippen molar-refractivity contribution in [2.24, 2.45) is 11.8 Å². The van der Waals surface area contributed by atoms with E-state index in [2.05, 4.69) is 5.32 Å². The second kappa shape index (κ2) is 8.24. The van der Waals surface area contributed by atoms with Crippen molar-refractivity contribution in [3.8, 4) is 5.75 Å². The van der Waals surface area contributed by atoms with Crippen LogP contribution in [0.5, 0.6) is 5.75 Å². The molecule has 2 N–H and O–H groups in total. The van der Waals surface area contributed by atoms with Crippen molar-refractivity contribution in [1.29, 1.82) is 0 Å². The van der Waals surface area contributed by atoms with Crippen LogP contribution < -0.4 is 15.7 Å². The minimum atomic E-state index is -0.731. The first kappa shape index (κ1) is 18.9. The fourth-order valence-electron chi connectivity index (χ4n) is 3.37. The zero-order valence-corrected chi connectivity index (χ0v) is 15.1. The molecule has 1 atom stereocenters. The summed E-state index contributed by atoms with van der Waals surface area (Å²) in [4.78, 5) is 34.6. The fraction of sp³-hybridized carbons (Fsp3) is 0.450. The number of fused-ring (bicyclic) bond motifs is 1. The standard InChI is InChI=1S/C20H23NO6/c1-12(19(23)21-11-13-2-4-15(5-3-13)20(24)25)26-16-8-6-14-7-9-18(22)27-17(14)10-16/h6-10,12-13,15H,2-5,11H2,1H3,(H,21,23)(H,24,25)/t12-,13?,15?/m1/s1. The van der Waals surface area contributed by atoms with Gasteiger partial charge in [0.05, 0.1) is 5.92 Å². The number of hydrogen-bond acceptors (Lipinski definition) is 5. The van der Waals surface area contributed by atoms with E-state index in [1.54, 1.807) is 31.2 Å². The van der Waals surface area contributed by atoms with Gasteiger partial charge in [0.15, 0.2) is 6.10 Å². The van der Waals surface area contributed by atoms with Crippen LogP contribution in [0.1, 0.15) is 32.6 Å². The lowest BCUT2D eigenvalue weighted by molar-refractivity contribution is -0.143. The summed E-state index contributed by atoms with van der Waals surface area (Å²) in [6.45, 7) is 2.17. The molecule has 1 saturated carbocycles. The van der Waals surface area contributed by atoms with Gasteiger partial charge in [-0.15, -0.1) is 0 Å². The first-order chi connectivity index (χ1) is 12.9. The zero-order chi connectivity index (χ0) is 19.4. The van der Waals surface area contributed by atoms with Crippen LogP contribution >= 0.6 is 0 Å². The highest BCUT2D eigenvalue weighted by molar-refractivity contribution is 5.81. The summed E-state index contributed by atoms with van der Waals surface area (Å²) >= 11 is 0. The van der Waals surface area contributed by atoms with Crippen LogP contribution in [0, 0.1) is 11.8 Å². The molecule has 0 bridgehead atoms. The maximum Gasteiger partial charge on any atom is 0.336 e. The number of benzene rings is 1. The highest BCUT2D eigenvalue weighted by Gasteiger charge is 2.26. The number of carbonyl (C=O) groups is 2. The van der Waals surface area contributed by atoms with E-state index < -0.39 is 17.7 Å². The maximum atomic E-state index is 12.3. The molecule has 1 aromatic carbocycles. The molecule has 1 aliphatic rings. The van der Waals surface area contributed by atoms with E-state index in [0.717, 1.165) is 18.2 Å². The lowest BCUT2D eigenvalue weighted by Crippen LogP contribution is -2.39. The average Bonchev–Trinajstić information content (AvgIpc) is 2.66. The summed E-state index contributed by atoms with van der Waals surface area (Å²) in [5.74, 6) is -0.476. The van der Waals surface area contributed by atoms with Crippen molar-refractivity contribution in [3.63, 3.8) is 0 Å². The molecule has 2 aromatic rings. The molecule has 0 aliphatic heterocycles. The quantitative estimate of drug-likeness (QED) is 0.754. The summed E-state index contributed by atoms with van der Waals surface area (Å²) in [6, 6.07) is 8.09. The minimum Gasteiger partial charge on any atom is -0.481 e. The van der Waals surface area contributed by atoms with Crippen LogP contribution in [0.25, 0.3) is 11.0 Å². The van der Waals surface area contributed by atoms with Gasteiger partial charge in [0.2, 0.25) is 0 Å². The Hall–Kier alpha value is -2.83. The summed E-state index contributed by atoms with van der Waals surface area (Å²) in [7, 11) is 0. The van der Waals surface area contributed by atoms with Gasteiger partial charge in [0.1, 0.15) is 11.3 Å². The van der Waals surface area contributed by atoms with E-state index in [1.807, 2.05) is 0 Å². The van der Waals surface area contributed by atoms with Crippen LogP contribution in [0.4, 0.5) is 0 Å². The van der Waals surface area contributed by atoms with Gasteiger partial charge in [-0.25, -0.2) is 4.79 Å². The van der Waals surface area contributed by atoms with Gasteiger partial charge >= 0.3 is 11.6 Å². The monoisotopic (exact) mass is 373 g/mol. The fourth-order valence-corrected chi connectivity index (χ4v) is 3.37. The molecule has 1 fully saturated rings. The molecule has 0 radical (unpaired) electrons. The molecule has 0 spiro atoms. The smallest absolute Gasteiger partial charge is 0.336 e. The zero-order valence-electron chi connectivity index (χ0n) is 15.1. The second-order valence-electron chi connectivity index (χ2n) is 7.02. The Morgan fingerprint density at radius 3 is 2.63 bits per heavy atom. The number of aliphatic carboxylic acids is 1. The maximum absolute atomic E-state index is 12.3. The van der Waals surface area contributed by atoms with Gasteiger partial charge < -0.3 is 19.6 Å². The first-order valence-electron chi connectivity index (χ1n) is 9.13. The number of hydrogen-bond donors (Lipinski definition) is 2. The lowest BCUT2D eigenvalue weighted by atomic mass is 9.82. The third-order valence-corrected chi connectivity index (χ3v) is 5.04. The minimum absolute atomic E-state index is 0.232. The van der Waals surface area contributed by atoms with Crippen molar-refractivity contribution in [2.45, 2.75) is 38.7 Å². The van der Waals surface area contributed by atoms with E-state index in [0.29, 0.717) is 36.6 Å². The molecule has 1 aromatic heterocycles. The number of nitrogens with one attached hydrogen (secondary N) is 1. The number of ether oxygens (including phenoxy) is 1. The predicted molar refractivity (Wildman–Crippen MR) is 98.7 cm³/mol. The van der Waals surface area contributed by atoms with Crippen molar-refractivity contribution in [1.82, 2.24) is 5.32 Å². The molecule has 27 heavy (non-hydrogen) atoms. The Balaban J connectivity index is 1.51. The molecule has 0 saturated heterocycles. The molecular formula is C20H23NO6. The van der Waals surface area contributed by atoms with Gasteiger partial charge in [-0.1, -0.05) is 0 Å². The van der Waals surface area contributed by atoms with Crippen LogP contribution in [0.2, 0.25) is 0 Å². The molecule has 144 valence electrons. The van der Waals surface area contributed by atoms with Crippen LogP contribution in [-0.2, 0) is 9.59 Å². The Bertz CT molecular complexity index is 881. The third-order valence-electron chi connectivity index (χ3n) is 5.04. The number of amides is 1. The molecule has 3 rings (SSSR count). The third kappa shape index (κ3) is 4.87. The summed E-state index contributed by atoms with van der Waals surface area (Å²) < 4.78 is 10.8. The van der Waals surface area contributed by atoms with Gasteiger partial charge in [-0.2, -0.15) is 0 Å². The van der Waals surface area contributed by atoms with Crippen LogP contribution in [0.3, 0.4) is 0 Å². The van der Waals surface area contributed by atoms with E-state index in [1.165, 1.54) is 6.07 Å². The van der Waals surface area contributed by atoms with Gasteiger partial charge in [0.25, 0.3) is 5.91 Å². The topological polar surface area (TPSA) is 106 Å². The predicted octanol–water partition coefficient (Wildman–Crippen LogP) is 2.57. The van der Waals surface area contributed by atoms with E-state index in [-0.39, 0.29) is 11.8 Å². The highest BCUT2D eigenvalue weighted by atomic mass is 16.5. The molecule has 0 unspecified atom stereocenters. The summed E-state index contributed by atoms with van der Waals surface area (Å²) in [6.07, 6.45) is 2.22. The molecule has 7 heteroatoms. The van der Waals surface area contributed by atoms with Gasteiger partial charge in [-0.3, -0.25) is 9.59 Å².